The normalized spacial score (nSPS) is 20.0. The molecular weight excluding hydrogens is 579 g/mol. The molecule has 0 unspecified atom stereocenters. The molecular formula is C45H43BSi. The Morgan fingerprint density at radius 3 is 1.72 bits per heavy atom. The molecule has 0 saturated heterocycles. The summed E-state index contributed by atoms with van der Waals surface area (Å²) in [4.78, 5) is 0. The summed E-state index contributed by atoms with van der Waals surface area (Å²) < 4.78 is 0. The van der Waals surface area contributed by atoms with Gasteiger partial charge in [0.15, 0.2) is 0 Å². The van der Waals surface area contributed by atoms with E-state index in [4.69, 9.17) is 0 Å². The van der Waals surface area contributed by atoms with Gasteiger partial charge < -0.3 is 0 Å². The molecule has 230 valence electrons. The molecule has 3 heterocycles. The van der Waals surface area contributed by atoms with Crippen LogP contribution in [-0.2, 0) is 10.8 Å². The Kier molecular flexibility index (Phi) is 5.72. The zero-order valence-electron chi connectivity index (χ0n) is 29.0. The third kappa shape index (κ3) is 3.60. The maximum absolute atomic E-state index is 2.62. The van der Waals surface area contributed by atoms with Crippen molar-refractivity contribution in [1.29, 1.82) is 0 Å². The molecule has 9 rings (SSSR count). The molecule has 0 bridgehead atoms. The van der Waals surface area contributed by atoms with Gasteiger partial charge >= 0.3 is 0 Å². The Morgan fingerprint density at radius 1 is 0.511 bits per heavy atom. The minimum Gasteiger partial charge on any atom is -0.0676 e. The molecule has 0 atom stereocenters. The molecule has 0 spiro atoms. The van der Waals surface area contributed by atoms with Crippen molar-refractivity contribution in [3.05, 3.63) is 154 Å². The smallest absolute Gasteiger partial charge is 0.0676 e. The van der Waals surface area contributed by atoms with Gasteiger partial charge in [-0.2, -0.15) is 0 Å². The van der Waals surface area contributed by atoms with Gasteiger partial charge in [-0.25, -0.2) is 0 Å². The maximum atomic E-state index is 2.62. The lowest BCUT2D eigenvalue weighted by molar-refractivity contribution is 0.475. The fourth-order valence-corrected chi connectivity index (χ4v) is 14.3. The van der Waals surface area contributed by atoms with Gasteiger partial charge in [-0.15, -0.1) is 0 Å². The highest BCUT2D eigenvalue weighted by molar-refractivity contribution is 7.04. The van der Waals surface area contributed by atoms with Crippen LogP contribution in [0.25, 0.3) is 27.8 Å². The lowest BCUT2D eigenvalue weighted by Gasteiger charge is -2.50. The predicted molar refractivity (Wildman–Crippen MR) is 205 cm³/mol. The van der Waals surface area contributed by atoms with Crippen molar-refractivity contribution in [1.82, 2.24) is 0 Å². The van der Waals surface area contributed by atoms with Crippen LogP contribution in [-0.4, -0.2) is 14.8 Å². The summed E-state index contributed by atoms with van der Waals surface area (Å²) in [6.07, 6.45) is 0. The maximum Gasteiger partial charge on any atom is 0.242 e. The Balaban J connectivity index is 1.41. The molecule has 1 aliphatic carbocycles. The summed E-state index contributed by atoms with van der Waals surface area (Å²) in [5, 5.41) is 3.34. The van der Waals surface area contributed by atoms with E-state index in [0.29, 0.717) is 0 Å². The Labute approximate surface area is 282 Å². The zero-order valence-corrected chi connectivity index (χ0v) is 30.0. The van der Waals surface area contributed by atoms with Gasteiger partial charge in [-0.05, 0) is 55.3 Å². The molecule has 5 aromatic rings. The van der Waals surface area contributed by atoms with Crippen LogP contribution < -0.4 is 16.1 Å². The molecule has 0 nitrogen and oxygen atoms in total. The van der Waals surface area contributed by atoms with Crippen molar-refractivity contribution in [2.24, 2.45) is 5.41 Å². The summed E-state index contributed by atoms with van der Waals surface area (Å²) in [7, 11) is -1.99. The van der Waals surface area contributed by atoms with Gasteiger partial charge in [-0.3, -0.25) is 0 Å². The lowest BCUT2D eigenvalue weighted by atomic mass is 9.27. The van der Waals surface area contributed by atoms with Crippen LogP contribution in [0.5, 0.6) is 0 Å². The average Bonchev–Trinajstić information content (AvgIpc) is 3.47. The van der Waals surface area contributed by atoms with E-state index in [-0.39, 0.29) is 23.0 Å². The van der Waals surface area contributed by atoms with Crippen molar-refractivity contribution in [3.63, 3.8) is 0 Å². The van der Waals surface area contributed by atoms with Crippen LogP contribution in [0.1, 0.15) is 63.8 Å². The summed E-state index contributed by atoms with van der Waals surface area (Å²) in [6, 6.07) is 44.0. The fourth-order valence-electron chi connectivity index (χ4n) is 10.6. The minimum atomic E-state index is -1.99. The summed E-state index contributed by atoms with van der Waals surface area (Å²) in [6.45, 7) is 20.6. The lowest BCUT2D eigenvalue weighted by Crippen LogP contribution is -2.62. The molecule has 0 fully saturated rings. The molecule has 0 N–H and O–H groups in total. The number of hydrogen-bond donors (Lipinski definition) is 0. The van der Waals surface area contributed by atoms with E-state index in [1.165, 1.54) is 50.0 Å². The van der Waals surface area contributed by atoms with E-state index in [0.717, 1.165) is 0 Å². The molecule has 0 aromatic heterocycles. The number of fused-ring (bicyclic) bond motifs is 6. The predicted octanol–water partition coefficient (Wildman–Crippen LogP) is 9.36. The van der Waals surface area contributed by atoms with Crippen molar-refractivity contribution >= 4 is 36.5 Å². The molecule has 0 saturated carbocycles. The Bertz CT molecular complexity index is 2230. The second-order valence-electron chi connectivity index (χ2n) is 16.5. The first-order chi connectivity index (χ1) is 22.4. The second kappa shape index (κ2) is 9.26. The van der Waals surface area contributed by atoms with Crippen LogP contribution in [0.4, 0.5) is 0 Å². The third-order valence-electron chi connectivity index (χ3n) is 12.5. The number of allylic oxidation sites excluding steroid dienone is 4. The standard InChI is InChI=1S/C45H43BSi/c1-43(2)33-25-30(28-17-11-9-12-18-28)23-24-36(33)46-39-34(43)26-31(29-19-13-10-14-20-29)27-35(39)44(3,4)42-40(46)41-38(45(42,5)6)32-21-15-16-22-37(32)47(41,7)8/h9-27H,1-8H3. The first-order valence-electron chi connectivity index (χ1n) is 17.4. The Morgan fingerprint density at radius 2 is 1.06 bits per heavy atom. The minimum absolute atomic E-state index is 0.0667. The highest BCUT2D eigenvalue weighted by Gasteiger charge is 2.60. The molecule has 3 aliphatic heterocycles. The van der Waals surface area contributed by atoms with Crippen LogP contribution in [0.3, 0.4) is 0 Å². The van der Waals surface area contributed by atoms with Crippen molar-refractivity contribution < 1.29 is 0 Å². The number of benzene rings is 5. The van der Waals surface area contributed by atoms with Gasteiger partial charge in [0.05, 0.1) is 0 Å². The van der Waals surface area contributed by atoms with E-state index in [9.17, 15) is 0 Å². The molecule has 4 aliphatic rings. The van der Waals surface area contributed by atoms with Crippen LogP contribution in [0.15, 0.2) is 132 Å². The van der Waals surface area contributed by atoms with Crippen LogP contribution >= 0.6 is 0 Å². The second-order valence-corrected chi connectivity index (χ2v) is 20.8. The van der Waals surface area contributed by atoms with Gasteiger partial charge in [0, 0.05) is 16.2 Å². The largest absolute Gasteiger partial charge is 0.242 e. The highest BCUT2D eigenvalue weighted by Crippen LogP contribution is 2.63. The van der Waals surface area contributed by atoms with Crippen LogP contribution in [0.2, 0.25) is 13.1 Å². The molecule has 0 amide bonds. The van der Waals surface area contributed by atoms with Crippen molar-refractivity contribution in [3.8, 4) is 22.3 Å². The van der Waals surface area contributed by atoms with E-state index in [1.54, 1.807) is 32.5 Å². The average molecular weight is 623 g/mol. The van der Waals surface area contributed by atoms with E-state index < -0.39 is 8.07 Å². The van der Waals surface area contributed by atoms with Gasteiger partial charge in [0.25, 0.3) is 0 Å². The van der Waals surface area contributed by atoms with Crippen molar-refractivity contribution in [2.45, 2.75) is 65.5 Å². The first-order valence-corrected chi connectivity index (χ1v) is 20.4. The highest BCUT2D eigenvalue weighted by atomic mass is 28.3. The van der Waals surface area contributed by atoms with Gasteiger partial charge in [0.1, 0.15) is 8.07 Å². The summed E-state index contributed by atoms with van der Waals surface area (Å²) >= 11 is 0. The van der Waals surface area contributed by atoms with E-state index in [1.807, 2.05) is 0 Å². The van der Waals surface area contributed by atoms with E-state index in [2.05, 4.69) is 170 Å². The monoisotopic (exact) mass is 622 g/mol. The van der Waals surface area contributed by atoms with Gasteiger partial charge in [-0.1, -0.05) is 197 Å². The number of hydrogen-bond acceptors (Lipinski definition) is 0. The quantitative estimate of drug-likeness (QED) is 0.172. The molecule has 47 heavy (non-hydrogen) atoms. The molecule has 0 radical (unpaired) electrons. The third-order valence-corrected chi connectivity index (χ3v) is 16.1. The van der Waals surface area contributed by atoms with Gasteiger partial charge in [0.2, 0.25) is 6.71 Å². The fraction of sp³-hybridized carbons (Fsp3) is 0.244. The van der Waals surface area contributed by atoms with Crippen LogP contribution in [0, 0.1) is 5.41 Å². The Hall–Kier alpha value is -4.14. The molecule has 2 heteroatoms. The number of rotatable bonds is 2. The summed E-state index contributed by atoms with van der Waals surface area (Å²) in [5.41, 5.74) is 18.9. The summed E-state index contributed by atoms with van der Waals surface area (Å²) in [5.74, 6) is 0. The molecule has 5 aromatic carbocycles. The van der Waals surface area contributed by atoms with Crippen molar-refractivity contribution in [2.75, 3.05) is 0 Å². The van der Waals surface area contributed by atoms with E-state index >= 15 is 0 Å². The topological polar surface area (TPSA) is 0 Å². The zero-order chi connectivity index (χ0) is 32.7. The first kappa shape index (κ1) is 29.0. The SMILES string of the molecule is CC1(C)C2=C(C3=C1C(C)(C)c1cc(-c4ccccc4)cc4c1B3c1ccc(-c3ccccc3)cc1C4(C)C)[Si](C)(C)c1ccccc12.